The van der Waals surface area contributed by atoms with Crippen molar-refractivity contribution in [3.8, 4) is 0 Å². The van der Waals surface area contributed by atoms with E-state index in [0.717, 1.165) is 12.1 Å². The lowest BCUT2D eigenvalue weighted by Gasteiger charge is -2.12. The first-order valence-electron chi connectivity index (χ1n) is 5.76. The fraction of sp³-hybridized carbons (Fsp3) is 0.286. The Bertz CT molecular complexity index is 518. The molecule has 0 spiro atoms. The molecule has 4 nitrogen and oxygen atoms in total. The smallest absolute Gasteiger partial charge is 0.343 e. The summed E-state index contributed by atoms with van der Waals surface area (Å²) in [6, 6.07) is 4.89. The average Bonchev–Trinajstić information content (AvgIpc) is 2.39. The molecule has 19 heavy (non-hydrogen) atoms. The molecule has 0 aliphatic rings. The summed E-state index contributed by atoms with van der Waals surface area (Å²) in [6.07, 6.45) is 0. The van der Waals surface area contributed by atoms with Crippen molar-refractivity contribution >= 4 is 11.8 Å². The SMILES string of the molecule is COC(=O)C(C(=O)c1ccc(F)cc1)=C(N)C(C)C. The average molecular weight is 265 g/mol. The van der Waals surface area contributed by atoms with E-state index in [9.17, 15) is 14.0 Å². The maximum absolute atomic E-state index is 12.8. The zero-order valence-corrected chi connectivity index (χ0v) is 11.1. The summed E-state index contributed by atoms with van der Waals surface area (Å²) in [5.74, 6) is -2.01. The zero-order valence-electron chi connectivity index (χ0n) is 11.1. The Morgan fingerprint density at radius 1 is 1.21 bits per heavy atom. The quantitative estimate of drug-likeness (QED) is 0.297. The number of Topliss-reactive ketones (excluding diaryl/α,β-unsaturated/α-hetero) is 1. The van der Waals surface area contributed by atoms with Gasteiger partial charge in [0.05, 0.1) is 7.11 Å². The highest BCUT2D eigenvalue weighted by Crippen LogP contribution is 2.17. The van der Waals surface area contributed by atoms with Gasteiger partial charge in [0.25, 0.3) is 0 Å². The summed E-state index contributed by atoms with van der Waals surface area (Å²) in [7, 11) is 1.17. The van der Waals surface area contributed by atoms with Crippen LogP contribution < -0.4 is 5.73 Å². The molecule has 0 amide bonds. The van der Waals surface area contributed by atoms with E-state index < -0.39 is 17.6 Å². The molecule has 0 aliphatic heterocycles. The number of nitrogens with two attached hydrogens (primary N) is 1. The standard InChI is InChI=1S/C14H16FNO3/c1-8(2)12(16)11(14(18)19-3)13(17)9-4-6-10(15)7-5-9/h4-8H,16H2,1-3H3. The molecule has 0 atom stereocenters. The number of benzene rings is 1. The Kier molecular flexibility index (Phi) is 4.80. The molecule has 0 fully saturated rings. The van der Waals surface area contributed by atoms with Crippen molar-refractivity contribution < 1.29 is 18.7 Å². The van der Waals surface area contributed by atoms with E-state index in [1.165, 1.54) is 19.2 Å². The number of esters is 1. The molecular formula is C14H16FNO3. The summed E-state index contributed by atoms with van der Waals surface area (Å²) in [4.78, 5) is 23.9. The van der Waals surface area contributed by atoms with Crippen LogP contribution in [0.1, 0.15) is 24.2 Å². The number of carbonyl (C=O) groups is 2. The van der Waals surface area contributed by atoms with Gasteiger partial charge in [-0.3, -0.25) is 4.79 Å². The van der Waals surface area contributed by atoms with Crippen LogP contribution in [0.4, 0.5) is 4.39 Å². The minimum Gasteiger partial charge on any atom is -0.465 e. The molecule has 0 saturated heterocycles. The van der Waals surface area contributed by atoms with Gasteiger partial charge in [0.1, 0.15) is 11.4 Å². The Morgan fingerprint density at radius 2 is 1.74 bits per heavy atom. The van der Waals surface area contributed by atoms with Gasteiger partial charge in [-0.1, -0.05) is 13.8 Å². The Balaban J connectivity index is 3.27. The maximum atomic E-state index is 12.8. The van der Waals surface area contributed by atoms with Crippen LogP contribution in [0, 0.1) is 11.7 Å². The number of hydrogen-bond donors (Lipinski definition) is 1. The number of ether oxygens (including phenoxy) is 1. The Hall–Kier alpha value is -2.17. The fourth-order valence-corrected chi connectivity index (χ4v) is 1.48. The van der Waals surface area contributed by atoms with E-state index in [2.05, 4.69) is 4.74 Å². The van der Waals surface area contributed by atoms with Crippen LogP contribution >= 0.6 is 0 Å². The first-order chi connectivity index (χ1) is 8.88. The van der Waals surface area contributed by atoms with Gasteiger partial charge >= 0.3 is 5.97 Å². The van der Waals surface area contributed by atoms with Crippen LogP contribution in [0.2, 0.25) is 0 Å². The van der Waals surface area contributed by atoms with E-state index in [0.29, 0.717) is 0 Å². The molecule has 102 valence electrons. The van der Waals surface area contributed by atoms with Crippen molar-refractivity contribution in [2.24, 2.45) is 11.7 Å². The Labute approximate surface area is 111 Å². The van der Waals surface area contributed by atoms with Crippen molar-refractivity contribution in [1.82, 2.24) is 0 Å². The molecule has 5 heteroatoms. The lowest BCUT2D eigenvalue weighted by Crippen LogP contribution is -2.23. The topological polar surface area (TPSA) is 69.4 Å². The molecule has 0 bridgehead atoms. The van der Waals surface area contributed by atoms with Gasteiger partial charge in [-0.15, -0.1) is 0 Å². The van der Waals surface area contributed by atoms with Gasteiger partial charge in [-0.25, -0.2) is 9.18 Å². The van der Waals surface area contributed by atoms with Crippen molar-refractivity contribution in [2.75, 3.05) is 7.11 Å². The number of halogens is 1. The van der Waals surface area contributed by atoms with Gasteiger partial charge in [0, 0.05) is 11.3 Å². The molecule has 0 aliphatic carbocycles. The van der Waals surface area contributed by atoms with E-state index in [-0.39, 0.29) is 22.8 Å². The molecule has 2 N–H and O–H groups in total. The second-order valence-corrected chi connectivity index (χ2v) is 4.31. The predicted molar refractivity (Wildman–Crippen MR) is 68.8 cm³/mol. The van der Waals surface area contributed by atoms with Crippen molar-refractivity contribution in [2.45, 2.75) is 13.8 Å². The normalized spacial score (nSPS) is 12.1. The lowest BCUT2D eigenvalue weighted by atomic mass is 9.97. The van der Waals surface area contributed by atoms with Crippen LogP contribution in [0.5, 0.6) is 0 Å². The molecule has 1 aromatic carbocycles. The predicted octanol–water partition coefficient (Wildman–Crippen LogP) is 2.05. The van der Waals surface area contributed by atoms with E-state index >= 15 is 0 Å². The number of carbonyl (C=O) groups excluding carboxylic acids is 2. The number of allylic oxidation sites excluding steroid dienone is 1. The third-order valence-corrected chi connectivity index (χ3v) is 2.63. The Morgan fingerprint density at radius 3 is 2.16 bits per heavy atom. The van der Waals surface area contributed by atoms with Crippen LogP contribution in [-0.4, -0.2) is 18.9 Å². The zero-order chi connectivity index (χ0) is 14.6. The third kappa shape index (κ3) is 3.40. The van der Waals surface area contributed by atoms with Gasteiger partial charge in [-0.05, 0) is 30.2 Å². The fourth-order valence-electron chi connectivity index (χ4n) is 1.48. The van der Waals surface area contributed by atoms with Crippen molar-refractivity contribution in [1.29, 1.82) is 0 Å². The van der Waals surface area contributed by atoms with Gasteiger partial charge < -0.3 is 10.5 Å². The first-order valence-corrected chi connectivity index (χ1v) is 5.76. The van der Waals surface area contributed by atoms with E-state index in [1.807, 2.05) is 0 Å². The second kappa shape index (κ2) is 6.13. The summed E-state index contributed by atoms with van der Waals surface area (Å²) < 4.78 is 17.4. The van der Waals surface area contributed by atoms with E-state index in [4.69, 9.17) is 5.73 Å². The number of hydrogen-bond acceptors (Lipinski definition) is 4. The first kappa shape index (κ1) is 14.9. The van der Waals surface area contributed by atoms with Gasteiger partial charge in [-0.2, -0.15) is 0 Å². The molecule has 1 aromatic rings. The summed E-state index contributed by atoms with van der Waals surface area (Å²) in [6.45, 7) is 3.52. The monoisotopic (exact) mass is 265 g/mol. The summed E-state index contributed by atoms with van der Waals surface area (Å²) >= 11 is 0. The highest BCUT2D eigenvalue weighted by molar-refractivity contribution is 6.24. The third-order valence-electron chi connectivity index (χ3n) is 2.63. The number of ketones is 1. The molecule has 0 radical (unpaired) electrons. The highest BCUT2D eigenvalue weighted by Gasteiger charge is 2.25. The molecular weight excluding hydrogens is 249 g/mol. The second-order valence-electron chi connectivity index (χ2n) is 4.31. The summed E-state index contributed by atoms with van der Waals surface area (Å²) in [5.41, 5.74) is 5.92. The minimum absolute atomic E-state index is 0.154. The summed E-state index contributed by atoms with van der Waals surface area (Å²) in [5, 5.41) is 0. The molecule has 1 rings (SSSR count). The van der Waals surface area contributed by atoms with Crippen molar-refractivity contribution in [3.05, 3.63) is 46.9 Å². The van der Waals surface area contributed by atoms with Crippen LogP contribution in [0.25, 0.3) is 0 Å². The van der Waals surface area contributed by atoms with Crippen LogP contribution in [0.3, 0.4) is 0 Å². The van der Waals surface area contributed by atoms with Gasteiger partial charge in [0.2, 0.25) is 5.78 Å². The minimum atomic E-state index is -0.791. The number of rotatable bonds is 4. The van der Waals surface area contributed by atoms with Crippen LogP contribution in [0.15, 0.2) is 35.5 Å². The maximum Gasteiger partial charge on any atom is 0.343 e. The van der Waals surface area contributed by atoms with E-state index in [1.54, 1.807) is 13.8 Å². The molecule has 0 unspecified atom stereocenters. The van der Waals surface area contributed by atoms with Gasteiger partial charge in [0.15, 0.2) is 0 Å². The van der Waals surface area contributed by atoms with Crippen LogP contribution in [-0.2, 0) is 9.53 Å². The number of methoxy groups -OCH3 is 1. The lowest BCUT2D eigenvalue weighted by molar-refractivity contribution is -0.135. The van der Waals surface area contributed by atoms with Crippen molar-refractivity contribution in [3.63, 3.8) is 0 Å². The highest BCUT2D eigenvalue weighted by atomic mass is 19.1. The molecule has 0 heterocycles. The molecule has 0 aromatic heterocycles. The molecule has 0 saturated carbocycles. The largest absolute Gasteiger partial charge is 0.465 e.